The van der Waals surface area contributed by atoms with Gasteiger partial charge in [0.1, 0.15) is 24.4 Å². The van der Waals surface area contributed by atoms with Crippen molar-refractivity contribution in [2.24, 2.45) is 0 Å². The van der Waals surface area contributed by atoms with Gasteiger partial charge in [-0.1, -0.05) is 44.0 Å². The minimum absolute atomic E-state index is 0.399. The Morgan fingerprint density at radius 1 is 0.920 bits per heavy atom. The molecule has 5 N–H and O–H groups in total. The molecule has 0 radical (unpaired) electrons. The molecule has 1 aromatic rings. The number of hydrogen-bond acceptors (Lipinski definition) is 6. The Balaban J connectivity index is 1.85. The first-order chi connectivity index (χ1) is 12.1. The van der Waals surface area contributed by atoms with Gasteiger partial charge in [-0.15, -0.1) is 0 Å². The molecule has 1 saturated heterocycles. The van der Waals surface area contributed by atoms with Crippen LogP contribution in [0.2, 0.25) is 0 Å². The fraction of sp³-hybridized carbons (Fsp3) is 0.684. The summed E-state index contributed by atoms with van der Waals surface area (Å²) >= 11 is 0. The van der Waals surface area contributed by atoms with E-state index in [9.17, 15) is 20.4 Å². The standard InChI is InChI=1S/C19H31NO5/c1-2-3-4-9-20-11-14-7-5-13(6-8-14)10-15-17(22)19(24)18(23)16(12-21)25-15/h5-8,15-24H,2-4,9-12H2,1H3. The molecule has 1 aliphatic heterocycles. The zero-order valence-electron chi connectivity index (χ0n) is 14.8. The molecule has 0 amide bonds. The molecule has 5 atom stereocenters. The van der Waals surface area contributed by atoms with E-state index in [1.807, 2.05) is 24.3 Å². The lowest BCUT2D eigenvalue weighted by Gasteiger charge is -2.40. The van der Waals surface area contributed by atoms with Crippen molar-refractivity contribution in [2.75, 3.05) is 13.2 Å². The summed E-state index contributed by atoms with van der Waals surface area (Å²) in [6, 6.07) is 8.02. The highest BCUT2D eigenvalue weighted by Crippen LogP contribution is 2.24. The molecule has 0 saturated carbocycles. The summed E-state index contributed by atoms with van der Waals surface area (Å²) in [5.41, 5.74) is 2.16. The highest BCUT2D eigenvalue weighted by atomic mass is 16.5. The van der Waals surface area contributed by atoms with Gasteiger partial charge in [0.25, 0.3) is 0 Å². The van der Waals surface area contributed by atoms with Crippen molar-refractivity contribution >= 4 is 0 Å². The van der Waals surface area contributed by atoms with E-state index in [1.54, 1.807) is 0 Å². The summed E-state index contributed by atoms with van der Waals surface area (Å²) in [7, 11) is 0. The Kier molecular flexibility index (Phi) is 8.29. The van der Waals surface area contributed by atoms with Crippen molar-refractivity contribution < 1.29 is 25.2 Å². The zero-order chi connectivity index (χ0) is 18.2. The first-order valence-electron chi connectivity index (χ1n) is 9.15. The lowest BCUT2D eigenvalue weighted by molar-refractivity contribution is -0.228. The van der Waals surface area contributed by atoms with Crippen molar-refractivity contribution in [3.63, 3.8) is 0 Å². The quantitative estimate of drug-likeness (QED) is 0.411. The second-order valence-electron chi connectivity index (χ2n) is 6.77. The van der Waals surface area contributed by atoms with E-state index in [1.165, 1.54) is 24.8 Å². The van der Waals surface area contributed by atoms with Crippen LogP contribution in [0, 0.1) is 0 Å². The minimum Gasteiger partial charge on any atom is -0.394 e. The van der Waals surface area contributed by atoms with E-state index >= 15 is 0 Å². The summed E-state index contributed by atoms with van der Waals surface area (Å²) in [5, 5.41) is 42.4. The Morgan fingerprint density at radius 2 is 1.56 bits per heavy atom. The number of ether oxygens (including phenoxy) is 1. The van der Waals surface area contributed by atoms with Gasteiger partial charge in [-0.25, -0.2) is 0 Å². The van der Waals surface area contributed by atoms with Gasteiger partial charge in [0, 0.05) is 13.0 Å². The van der Waals surface area contributed by atoms with Gasteiger partial charge >= 0.3 is 0 Å². The molecule has 0 spiro atoms. The number of rotatable bonds is 9. The molecule has 1 fully saturated rings. The maximum Gasteiger partial charge on any atom is 0.111 e. The monoisotopic (exact) mass is 353 g/mol. The van der Waals surface area contributed by atoms with Gasteiger partial charge in [-0.05, 0) is 24.1 Å². The fourth-order valence-corrected chi connectivity index (χ4v) is 3.11. The molecular weight excluding hydrogens is 322 g/mol. The van der Waals surface area contributed by atoms with Crippen molar-refractivity contribution in [1.82, 2.24) is 5.32 Å². The smallest absolute Gasteiger partial charge is 0.111 e. The first kappa shape index (κ1) is 20.3. The van der Waals surface area contributed by atoms with Crippen LogP contribution in [0.3, 0.4) is 0 Å². The Morgan fingerprint density at radius 3 is 2.20 bits per heavy atom. The third-order valence-corrected chi connectivity index (χ3v) is 4.74. The normalized spacial score (nSPS) is 29.7. The van der Waals surface area contributed by atoms with E-state index in [-0.39, 0.29) is 0 Å². The Labute approximate surface area is 149 Å². The van der Waals surface area contributed by atoms with Crippen LogP contribution in [-0.4, -0.2) is 64.1 Å². The van der Waals surface area contributed by atoms with E-state index < -0.39 is 37.1 Å². The molecular formula is C19H31NO5. The van der Waals surface area contributed by atoms with Crippen LogP contribution < -0.4 is 5.32 Å². The van der Waals surface area contributed by atoms with Crippen molar-refractivity contribution in [3.05, 3.63) is 35.4 Å². The van der Waals surface area contributed by atoms with Crippen LogP contribution in [0.5, 0.6) is 0 Å². The molecule has 1 aliphatic rings. The number of aliphatic hydroxyl groups is 4. The first-order valence-corrected chi connectivity index (χ1v) is 9.15. The van der Waals surface area contributed by atoms with E-state index in [0.29, 0.717) is 6.42 Å². The van der Waals surface area contributed by atoms with Crippen molar-refractivity contribution in [1.29, 1.82) is 0 Å². The number of hydrogen-bond donors (Lipinski definition) is 5. The summed E-state index contributed by atoms with van der Waals surface area (Å²) in [5.74, 6) is 0. The van der Waals surface area contributed by atoms with E-state index in [4.69, 9.17) is 4.74 Å². The number of unbranched alkanes of at least 4 members (excludes halogenated alkanes) is 2. The molecule has 142 valence electrons. The van der Waals surface area contributed by atoms with Crippen LogP contribution in [0.25, 0.3) is 0 Å². The summed E-state index contributed by atoms with van der Waals surface area (Å²) in [4.78, 5) is 0. The van der Waals surface area contributed by atoms with Crippen LogP contribution in [0.4, 0.5) is 0 Å². The van der Waals surface area contributed by atoms with Gasteiger partial charge in [-0.2, -0.15) is 0 Å². The maximum absolute atomic E-state index is 10.1. The second kappa shape index (κ2) is 10.2. The molecule has 2 rings (SSSR count). The molecule has 1 aromatic carbocycles. The average molecular weight is 353 g/mol. The Hall–Kier alpha value is -1.02. The van der Waals surface area contributed by atoms with Gasteiger partial charge in [0.05, 0.1) is 12.7 Å². The summed E-state index contributed by atoms with van der Waals surface area (Å²) in [6.45, 7) is 3.63. The largest absolute Gasteiger partial charge is 0.394 e. The van der Waals surface area contributed by atoms with Crippen LogP contribution in [-0.2, 0) is 17.7 Å². The van der Waals surface area contributed by atoms with Gasteiger partial charge in [-0.3, -0.25) is 0 Å². The lowest BCUT2D eigenvalue weighted by atomic mass is 9.91. The maximum atomic E-state index is 10.1. The number of benzene rings is 1. The minimum atomic E-state index is -1.32. The predicted octanol–water partition coefficient (Wildman–Crippen LogP) is 0.351. The van der Waals surface area contributed by atoms with Crippen LogP contribution in [0.1, 0.15) is 37.3 Å². The predicted molar refractivity (Wildman–Crippen MR) is 95.1 cm³/mol. The SMILES string of the molecule is CCCCCNCc1ccc(CC2OC(CO)C(O)C(O)C2O)cc1. The molecule has 1 heterocycles. The number of nitrogens with one attached hydrogen (secondary N) is 1. The molecule has 25 heavy (non-hydrogen) atoms. The van der Waals surface area contributed by atoms with Crippen LogP contribution in [0.15, 0.2) is 24.3 Å². The van der Waals surface area contributed by atoms with Gasteiger partial charge in [0.15, 0.2) is 0 Å². The summed E-state index contributed by atoms with van der Waals surface area (Å²) < 4.78 is 5.54. The van der Waals surface area contributed by atoms with E-state index in [0.717, 1.165) is 18.7 Å². The average Bonchev–Trinajstić information content (AvgIpc) is 2.63. The molecule has 0 aromatic heterocycles. The third-order valence-electron chi connectivity index (χ3n) is 4.74. The topological polar surface area (TPSA) is 102 Å². The summed E-state index contributed by atoms with van der Waals surface area (Å²) in [6.07, 6.45) is -1.27. The highest BCUT2D eigenvalue weighted by Gasteiger charge is 2.43. The molecule has 6 heteroatoms. The zero-order valence-corrected chi connectivity index (χ0v) is 14.8. The highest BCUT2D eigenvalue weighted by molar-refractivity contribution is 5.23. The molecule has 5 unspecified atom stereocenters. The van der Waals surface area contributed by atoms with Crippen molar-refractivity contribution in [2.45, 2.75) is 69.7 Å². The molecule has 0 aliphatic carbocycles. The lowest BCUT2D eigenvalue weighted by Crippen LogP contribution is -2.58. The Bertz CT molecular complexity index is 493. The van der Waals surface area contributed by atoms with Crippen LogP contribution >= 0.6 is 0 Å². The van der Waals surface area contributed by atoms with E-state index in [2.05, 4.69) is 12.2 Å². The molecule has 0 bridgehead atoms. The van der Waals surface area contributed by atoms with Gasteiger partial charge < -0.3 is 30.5 Å². The van der Waals surface area contributed by atoms with Gasteiger partial charge in [0.2, 0.25) is 0 Å². The number of aliphatic hydroxyl groups excluding tert-OH is 4. The van der Waals surface area contributed by atoms with Crippen molar-refractivity contribution in [3.8, 4) is 0 Å². The fourth-order valence-electron chi connectivity index (χ4n) is 3.11. The third kappa shape index (κ3) is 5.74. The second-order valence-corrected chi connectivity index (χ2v) is 6.77. The molecule has 6 nitrogen and oxygen atoms in total.